The molecule has 0 aliphatic heterocycles. The SMILES string of the molecule is CCOc1cc(C(=O)N=c2sc3cc(Cl)ccc3n2CC)cc(OCC)c1OCC. The van der Waals surface area contributed by atoms with Crippen molar-refractivity contribution in [3.05, 3.63) is 45.7 Å². The molecular weight excluding hydrogens is 424 g/mol. The third kappa shape index (κ3) is 4.63. The Morgan fingerprint density at radius 1 is 1.00 bits per heavy atom. The molecular formula is C22H25ClN2O4S. The van der Waals surface area contributed by atoms with E-state index in [0.717, 1.165) is 10.2 Å². The number of hydrogen-bond acceptors (Lipinski definition) is 5. The van der Waals surface area contributed by atoms with Gasteiger partial charge in [-0.3, -0.25) is 4.79 Å². The second-order valence-corrected chi connectivity index (χ2v) is 7.70. The molecule has 160 valence electrons. The number of aromatic nitrogens is 1. The van der Waals surface area contributed by atoms with Gasteiger partial charge in [0, 0.05) is 17.1 Å². The third-order valence-corrected chi connectivity index (χ3v) is 5.59. The number of thiazole rings is 1. The number of amides is 1. The van der Waals surface area contributed by atoms with E-state index in [4.69, 9.17) is 25.8 Å². The van der Waals surface area contributed by atoms with Crippen LogP contribution in [0, 0.1) is 0 Å². The molecule has 1 heterocycles. The van der Waals surface area contributed by atoms with Gasteiger partial charge in [0.25, 0.3) is 5.91 Å². The average Bonchev–Trinajstić information content (AvgIpc) is 3.06. The zero-order valence-corrected chi connectivity index (χ0v) is 19.1. The second kappa shape index (κ2) is 10.00. The molecule has 0 unspecified atom stereocenters. The zero-order valence-electron chi connectivity index (χ0n) is 17.5. The number of hydrogen-bond donors (Lipinski definition) is 0. The highest BCUT2D eigenvalue weighted by Gasteiger charge is 2.18. The summed E-state index contributed by atoms with van der Waals surface area (Å²) in [6.07, 6.45) is 0. The highest BCUT2D eigenvalue weighted by molar-refractivity contribution is 7.16. The highest BCUT2D eigenvalue weighted by Crippen LogP contribution is 2.39. The standard InChI is InChI=1S/C22H25ClN2O4S/c1-5-25-16-10-9-15(23)13-19(16)30-22(25)24-21(26)14-11-17(27-6-2)20(29-8-4)18(12-14)28-7-3/h9-13H,5-8H2,1-4H3. The van der Waals surface area contributed by atoms with Gasteiger partial charge in [0.05, 0.1) is 30.0 Å². The van der Waals surface area contributed by atoms with Gasteiger partial charge in [0.15, 0.2) is 16.3 Å². The topological polar surface area (TPSA) is 62.0 Å². The van der Waals surface area contributed by atoms with Crippen molar-refractivity contribution in [3.63, 3.8) is 0 Å². The molecule has 0 N–H and O–H groups in total. The van der Waals surface area contributed by atoms with Crippen LogP contribution in [0.15, 0.2) is 35.3 Å². The molecule has 1 amide bonds. The lowest BCUT2D eigenvalue weighted by Gasteiger charge is -2.16. The minimum atomic E-state index is -0.375. The normalized spacial score (nSPS) is 11.7. The van der Waals surface area contributed by atoms with Crippen molar-refractivity contribution in [2.75, 3.05) is 19.8 Å². The van der Waals surface area contributed by atoms with Crippen LogP contribution in [0.2, 0.25) is 5.02 Å². The molecule has 0 saturated heterocycles. The van der Waals surface area contributed by atoms with Crippen molar-refractivity contribution < 1.29 is 19.0 Å². The summed E-state index contributed by atoms with van der Waals surface area (Å²) < 4.78 is 20.1. The zero-order chi connectivity index (χ0) is 21.7. The molecule has 0 spiro atoms. The number of nitrogens with zero attached hydrogens (tertiary/aromatic N) is 2. The number of aryl methyl sites for hydroxylation is 1. The van der Waals surface area contributed by atoms with Crippen LogP contribution in [0.4, 0.5) is 0 Å². The van der Waals surface area contributed by atoms with Gasteiger partial charge in [0.1, 0.15) is 0 Å². The Morgan fingerprint density at radius 2 is 1.63 bits per heavy atom. The van der Waals surface area contributed by atoms with Gasteiger partial charge < -0.3 is 18.8 Å². The molecule has 3 aromatic rings. The van der Waals surface area contributed by atoms with Crippen LogP contribution in [0.3, 0.4) is 0 Å². The summed E-state index contributed by atoms with van der Waals surface area (Å²) in [5.41, 5.74) is 1.37. The Morgan fingerprint density at radius 3 is 2.20 bits per heavy atom. The quantitative estimate of drug-likeness (QED) is 0.468. The van der Waals surface area contributed by atoms with Crippen molar-refractivity contribution >= 4 is 39.1 Å². The lowest BCUT2D eigenvalue weighted by atomic mass is 10.1. The van der Waals surface area contributed by atoms with Gasteiger partial charge in [-0.25, -0.2) is 0 Å². The molecule has 0 saturated carbocycles. The van der Waals surface area contributed by atoms with Crippen LogP contribution in [0.1, 0.15) is 38.1 Å². The Kier molecular flexibility index (Phi) is 7.39. The Labute approximate surface area is 184 Å². The van der Waals surface area contributed by atoms with Crippen LogP contribution in [0.25, 0.3) is 10.2 Å². The average molecular weight is 449 g/mol. The van der Waals surface area contributed by atoms with Gasteiger partial charge in [-0.2, -0.15) is 4.99 Å². The van der Waals surface area contributed by atoms with E-state index in [1.165, 1.54) is 11.3 Å². The smallest absolute Gasteiger partial charge is 0.279 e. The molecule has 1 aromatic heterocycles. The number of carbonyl (C=O) groups excluding carboxylic acids is 1. The molecule has 30 heavy (non-hydrogen) atoms. The van der Waals surface area contributed by atoms with Crippen molar-refractivity contribution in [3.8, 4) is 17.2 Å². The predicted octanol–water partition coefficient (Wildman–Crippen LogP) is 5.31. The van der Waals surface area contributed by atoms with E-state index in [-0.39, 0.29) is 5.91 Å². The number of carbonyl (C=O) groups is 1. The maximum Gasteiger partial charge on any atom is 0.279 e. The second-order valence-electron chi connectivity index (χ2n) is 6.26. The monoisotopic (exact) mass is 448 g/mol. The van der Waals surface area contributed by atoms with E-state index in [1.54, 1.807) is 12.1 Å². The summed E-state index contributed by atoms with van der Waals surface area (Å²) in [5, 5.41) is 0.652. The lowest BCUT2D eigenvalue weighted by Crippen LogP contribution is -2.16. The van der Waals surface area contributed by atoms with Gasteiger partial charge in [-0.15, -0.1) is 0 Å². The molecule has 6 nitrogen and oxygen atoms in total. The fraction of sp³-hybridized carbons (Fsp3) is 0.364. The van der Waals surface area contributed by atoms with Crippen LogP contribution >= 0.6 is 22.9 Å². The first-order valence-electron chi connectivity index (χ1n) is 9.96. The van der Waals surface area contributed by atoms with E-state index < -0.39 is 0 Å². The van der Waals surface area contributed by atoms with E-state index in [9.17, 15) is 4.79 Å². The molecule has 0 aliphatic rings. The number of ether oxygens (including phenoxy) is 3. The van der Waals surface area contributed by atoms with Gasteiger partial charge in [0.2, 0.25) is 5.75 Å². The van der Waals surface area contributed by atoms with Crippen LogP contribution in [-0.4, -0.2) is 30.3 Å². The summed E-state index contributed by atoms with van der Waals surface area (Å²) >= 11 is 7.55. The maximum absolute atomic E-state index is 13.1. The summed E-state index contributed by atoms with van der Waals surface area (Å²) in [4.78, 5) is 18.1. The molecule has 3 rings (SSSR count). The molecule has 8 heteroatoms. The first-order valence-corrected chi connectivity index (χ1v) is 11.2. The van der Waals surface area contributed by atoms with Crippen molar-refractivity contribution in [1.82, 2.24) is 4.57 Å². The number of halogens is 1. The van der Waals surface area contributed by atoms with Crippen LogP contribution in [-0.2, 0) is 6.54 Å². The van der Waals surface area contributed by atoms with Gasteiger partial charge >= 0.3 is 0 Å². The van der Waals surface area contributed by atoms with Crippen molar-refractivity contribution in [2.24, 2.45) is 4.99 Å². The fourth-order valence-corrected chi connectivity index (χ4v) is 4.47. The van der Waals surface area contributed by atoms with E-state index >= 15 is 0 Å². The third-order valence-electron chi connectivity index (χ3n) is 4.31. The Balaban J connectivity index is 2.11. The molecule has 0 bridgehead atoms. The first-order chi connectivity index (χ1) is 14.5. The maximum atomic E-state index is 13.1. The molecule has 0 radical (unpaired) electrons. The number of benzene rings is 2. The molecule has 0 atom stereocenters. The minimum Gasteiger partial charge on any atom is -0.490 e. The first kappa shape index (κ1) is 22.2. The lowest BCUT2D eigenvalue weighted by molar-refractivity contribution is 0.0996. The minimum absolute atomic E-state index is 0.375. The summed E-state index contributed by atoms with van der Waals surface area (Å²) in [5.74, 6) is 1.06. The van der Waals surface area contributed by atoms with Crippen LogP contribution < -0.4 is 19.0 Å². The Bertz CT molecular complexity index is 1090. The van der Waals surface area contributed by atoms with Gasteiger partial charge in [-0.05, 0) is 58.0 Å². The van der Waals surface area contributed by atoms with Gasteiger partial charge in [-0.1, -0.05) is 22.9 Å². The number of rotatable bonds is 8. The number of fused-ring (bicyclic) bond motifs is 1. The van der Waals surface area contributed by atoms with Crippen molar-refractivity contribution in [2.45, 2.75) is 34.2 Å². The van der Waals surface area contributed by atoms with Crippen LogP contribution in [0.5, 0.6) is 17.2 Å². The summed E-state index contributed by atoms with van der Waals surface area (Å²) in [6.45, 7) is 9.67. The molecule has 0 fully saturated rings. The van der Waals surface area contributed by atoms with E-state index in [1.807, 2.05) is 50.5 Å². The fourth-order valence-electron chi connectivity index (χ4n) is 3.10. The summed E-state index contributed by atoms with van der Waals surface area (Å²) in [7, 11) is 0. The molecule has 0 aliphatic carbocycles. The Hall–Kier alpha value is -2.51. The van der Waals surface area contributed by atoms with E-state index in [0.29, 0.717) is 59.0 Å². The summed E-state index contributed by atoms with van der Waals surface area (Å²) in [6, 6.07) is 8.98. The molecule has 2 aromatic carbocycles. The highest BCUT2D eigenvalue weighted by atomic mass is 35.5. The largest absolute Gasteiger partial charge is 0.490 e. The predicted molar refractivity (Wildman–Crippen MR) is 120 cm³/mol. The van der Waals surface area contributed by atoms with E-state index in [2.05, 4.69) is 4.99 Å². The van der Waals surface area contributed by atoms with Crippen molar-refractivity contribution in [1.29, 1.82) is 0 Å².